The van der Waals surface area contributed by atoms with Crippen molar-refractivity contribution in [3.8, 4) is 0 Å². The zero-order chi connectivity index (χ0) is 66.6. The van der Waals surface area contributed by atoms with Gasteiger partial charge < -0.3 is 36.4 Å². The average molecular weight is 1270 g/mol. The summed E-state index contributed by atoms with van der Waals surface area (Å²) < 4.78 is 33.4. The molecule has 0 spiro atoms. The maximum Gasteiger partial charge on any atom is 0.325 e. The van der Waals surface area contributed by atoms with E-state index in [0.717, 1.165) is 121 Å². The molecule has 15 aromatic rings. The van der Waals surface area contributed by atoms with Gasteiger partial charge in [0.1, 0.15) is 49.5 Å². The molecule has 96 heavy (non-hydrogen) atoms. The van der Waals surface area contributed by atoms with E-state index in [9.17, 15) is 24.0 Å². The van der Waals surface area contributed by atoms with Gasteiger partial charge in [0.25, 0.3) is 0 Å². The Kier molecular flexibility index (Phi) is 17.8. The van der Waals surface area contributed by atoms with Gasteiger partial charge in [-0.05, 0) is 115 Å². The monoisotopic (exact) mass is 1270 g/mol. The van der Waals surface area contributed by atoms with E-state index in [2.05, 4.69) is 44.7 Å². The second kappa shape index (κ2) is 27.3. The van der Waals surface area contributed by atoms with Crippen molar-refractivity contribution in [1.82, 2.24) is 13.7 Å². The van der Waals surface area contributed by atoms with Crippen molar-refractivity contribution in [2.45, 2.75) is 40.8 Å². The number of nitrogens with zero attached hydrogens (tertiary/aromatic N) is 6. The smallest absolute Gasteiger partial charge is 0.325 e. The van der Waals surface area contributed by atoms with Crippen LogP contribution in [-0.2, 0) is 39.2 Å². The number of furan rings is 3. The van der Waals surface area contributed by atoms with Crippen LogP contribution in [0.15, 0.2) is 228 Å². The number of aliphatic imine (C=N–C) groups is 3. The van der Waals surface area contributed by atoms with Crippen molar-refractivity contribution < 1.29 is 46.7 Å². The Morgan fingerprint density at radius 3 is 1.09 bits per heavy atom. The van der Waals surface area contributed by atoms with Gasteiger partial charge in [0.15, 0.2) is 17.3 Å². The molecule has 0 N–H and O–H groups in total. The molecule has 0 unspecified atom stereocenters. The summed E-state index contributed by atoms with van der Waals surface area (Å²) in [6.07, 6.45) is 5.20. The fraction of sp³-hybridized carbons (Fsp3) is 0.150. The highest BCUT2D eigenvalue weighted by atomic mass is 16.5. The minimum Gasteiger partial charge on any atom is -0.468 e. The number of methoxy groups -OCH3 is 1. The molecule has 6 heterocycles. The Bertz CT molecular complexity index is 5650. The summed E-state index contributed by atoms with van der Waals surface area (Å²) in [6, 6.07) is 65.0. The molecule has 0 aliphatic heterocycles. The summed E-state index contributed by atoms with van der Waals surface area (Å²) in [5, 5.41) is 12.4. The lowest BCUT2D eigenvalue weighted by atomic mass is 10.1. The van der Waals surface area contributed by atoms with Gasteiger partial charge in [-0.25, -0.2) is 0 Å². The lowest BCUT2D eigenvalue weighted by Crippen LogP contribution is -2.14. The number of aromatic nitrogens is 3. The van der Waals surface area contributed by atoms with E-state index in [1.165, 1.54) is 7.11 Å². The van der Waals surface area contributed by atoms with Crippen LogP contribution in [0.3, 0.4) is 0 Å². The summed E-state index contributed by atoms with van der Waals surface area (Å²) in [4.78, 5) is 75.6. The van der Waals surface area contributed by atoms with Crippen LogP contribution in [0.1, 0.15) is 72.4 Å². The number of ether oxygens (including phenoxy) is 2. The summed E-state index contributed by atoms with van der Waals surface area (Å²) >= 11 is 0. The first-order valence-electron chi connectivity index (χ1n) is 31.5. The summed E-state index contributed by atoms with van der Waals surface area (Å²) in [5.41, 5.74) is 10.8. The number of esters is 2. The van der Waals surface area contributed by atoms with Gasteiger partial charge in [0.05, 0.1) is 13.7 Å². The number of benzene rings is 9. The fourth-order valence-corrected chi connectivity index (χ4v) is 12.6. The molecule has 0 aliphatic rings. The van der Waals surface area contributed by atoms with E-state index in [1.54, 1.807) is 37.7 Å². The van der Waals surface area contributed by atoms with Crippen LogP contribution in [0.4, 0.5) is 0 Å². The number of rotatable bonds is 17. The van der Waals surface area contributed by atoms with Crippen LogP contribution >= 0.6 is 0 Å². The Hall–Kier alpha value is -12.0. The van der Waals surface area contributed by atoms with Crippen molar-refractivity contribution in [3.63, 3.8) is 0 Å². The molecule has 15 rings (SSSR count). The highest BCUT2D eigenvalue weighted by molar-refractivity contribution is 6.13. The molecule has 0 amide bonds. The standard InChI is InChI=1S/C28H24N2O4.C27H22N2O4.C25H20N2O2/c1-3-33-28(32)17-30-18(2)23(21-10-6-7-11-24(21)30)15-29-16-25(31)27-14-22-20-9-5-4-8-19(20)12-13-26(22)34-27;1-17-22(20-9-5-6-10-23(20)29(17)16-27(31)32-2)14-28-15-24(30)26-13-21-19-8-4-3-7-18(19)11-12-25(21)33-26;1-16-21(19-9-5-6-10-22(19)27(16)2)14-26-15-23(28)25-13-20-18-8-4-3-7-17(18)11-12-24(20)29-25/h4-15H,3,16-17H2,1-2H3;3-14H,15-16H2,1-2H3;3-14H,15H2,1-2H3. The van der Waals surface area contributed by atoms with E-state index >= 15 is 0 Å². The topological polar surface area (TPSA) is 195 Å². The van der Waals surface area contributed by atoms with Crippen LogP contribution in [-0.4, -0.2) is 95.0 Å². The van der Waals surface area contributed by atoms with Crippen LogP contribution in [0.2, 0.25) is 0 Å². The van der Waals surface area contributed by atoms with Crippen molar-refractivity contribution in [2.24, 2.45) is 22.0 Å². The first kappa shape index (κ1) is 62.8. The second-order valence-corrected chi connectivity index (χ2v) is 23.3. The number of carbonyl (C=O) groups excluding carboxylic acids is 5. The molecular weight excluding hydrogens is 1200 g/mol. The number of fused-ring (bicyclic) bond motifs is 12. The number of hydrogen-bond acceptors (Lipinski definition) is 13. The molecule has 0 atom stereocenters. The maximum absolute atomic E-state index is 12.8. The van der Waals surface area contributed by atoms with Crippen molar-refractivity contribution >= 4 is 146 Å². The van der Waals surface area contributed by atoms with Crippen LogP contribution in [0, 0.1) is 20.8 Å². The predicted molar refractivity (Wildman–Crippen MR) is 381 cm³/mol. The molecule has 476 valence electrons. The zero-order valence-electron chi connectivity index (χ0n) is 53.8. The normalized spacial score (nSPS) is 11.8. The van der Waals surface area contributed by atoms with Crippen molar-refractivity contribution in [2.75, 3.05) is 33.4 Å². The summed E-state index contributed by atoms with van der Waals surface area (Å²) in [6.45, 7) is 8.28. The lowest BCUT2D eigenvalue weighted by molar-refractivity contribution is -0.144. The third-order valence-electron chi connectivity index (χ3n) is 17.6. The number of hydrogen-bond donors (Lipinski definition) is 0. The summed E-state index contributed by atoms with van der Waals surface area (Å²) in [7, 11) is 3.41. The van der Waals surface area contributed by atoms with E-state index < -0.39 is 0 Å². The van der Waals surface area contributed by atoms with E-state index in [1.807, 2.05) is 200 Å². The molecule has 0 saturated heterocycles. The number of ketones is 3. The minimum atomic E-state index is -0.324. The molecule has 16 heteroatoms. The number of Topliss-reactive ketones (excluding diaryl/α,β-unsaturated/α-hetero) is 3. The van der Waals surface area contributed by atoms with Gasteiger partial charge in [-0.15, -0.1) is 0 Å². The third-order valence-corrected chi connectivity index (χ3v) is 17.6. The van der Waals surface area contributed by atoms with E-state index in [-0.39, 0.29) is 62.0 Å². The molecule has 0 aliphatic carbocycles. The quantitative estimate of drug-likeness (QED) is 0.0481. The van der Waals surface area contributed by atoms with Gasteiger partial charge in [-0.3, -0.25) is 38.9 Å². The molecule has 9 aromatic carbocycles. The molecule has 0 bridgehead atoms. The molecule has 0 radical (unpaired) electrons. The Morgan fingerprint density at radius 1 is 0.396 bits per heavy atom. The van der Waals surface area contributed by atoms with Crippen molar-refractivity contribution in [1.29, 1.82) is 0 Å². The predicted octanol–water partition coefficient (Wildman–Crippen LogP) is 16.7. The number of aryl methyl sites for hydroxylation is 1. The van der Waals surface area contributed by atoms with E-state index in [4.69, 9.17) is 22.7 Å². The first-order chi connectivity index (χ1) is 46.8. The van der Waals surface area contributed by atoms with Gasteiger partial charge in [-0.1, -0.05) is 146 Å². The third kappa shape index (κ3) is 12.4. The Labute approximate surface area is 551 Å². The SMILES string of the molecule is CCOC(=O)Cn1c(C)c(C=NCC(=O)c2cc3c(ccc4ccccc43)o2)c2ccccc21.COC(=O)Cn1c(C)c(C=NCC(=O)c2cc3c(ccc4ccccc43)o2)c2ccccc21.Cc1c(C=NCC(=O)c2cc3c(ccc4ccccc43)o2)c2ccccc2n1C. The van der Waals surface area contributed by atoms with Gasteiger partial charge in [-0.2, -0.15) is 0 Å². The number of carbonyl (C=O) groups is 5. The van der Waals surface area contributed by atoms with Gasteiger partial charge in [0.2, 0.25) is 17.3 Å². The lowest BCUT2D eigenvalue weighted by Gasteiger charge is -2.07. The molecule has 0 fully saturated rings. The Balaban J connectivity index is 0.000000131. The zero-order valence-corrected chi connectivity index (χ0v) is 53.8. The molecule has 0 saturated carbocycles. The average Bonchev–Trinajstić information content (AvgIpc) is 1.64. The van der Waals surface area contributed by atoms with Crippen LogP contribution < -0.4 is 0 Å². The first-order valence-corrected chi connectivity index (χ1v) is 31.5. The number of para-hydroxylation sites is 3. The molecular formula is C80H66N6O10. The fourth-order valence-electron chi connectivity index (χ4n) is 12.6. The van der Waals surface area contributed by atoms with Crippen LogP contribution in [0.5, 0.6) is 0 Å². The Morgan fingerprint density at radius 2 is 0.719 bits per heavy atom. The maximum atomic E-state index is 12.8. The van der Waals surface area contributed by atoms with Gasteiger partial charge in [0, 0.05) is 108 Å². The van der Waals surface area contributed by atoms with Crippen LogP contribution in [0.25, 0.3) is 97.9 Å². The van der Waals surface area contributed by atoms with Gasteiger partial charge >= 0.3 is 11.9 Å². The highest BCUT2D eigenvalue weighted by Crippen LogP contribution is 2.33. The van der Waals surface area contributed by atoms with E-state index in [0.29, 0.717) is 35.1 Å². The second-order valence-electron chi connectivity index (χ2n) is 23.3. The highest BCUT2D eigenvalue weighted by Gasteiger charge is 2.21. The largest absolute Gasteiger partial charge is 0.468 e. The minimum absolute atomic E-state index is 0.0332. The summed E-state index contributed by atoms with van der Waals surface area (Å²) in [5.74, 6) is -0.180. The molecule has 16 nitrogen and oxygen atoms in total. The molecule has 6 aromatic heterocycles. The van der Waals surface area contributed by atoms with Crippen molar-refractivity contribution in [3.05, 3.63) is 251 Å².